The fourth-order valence-corrected chi connectivity index (χ4v) is 2.86. The zero-order chi connectivity index (χ0) is 13.7. The van der Waals surface area contributed by atoms with Crippen molar-refractivity contribution in [2.45, 2.75) is 32.2 Å². The van der Waals surface area contributed by atoms with Crippen LogP contribution in [0.25, 0.3) is 0 Å². The standard InChI is InChI=1S/C15H21F2NO/c16-15(17)12-4-1-3-11(7-12)8-18-9-13-5-2-6-14(13)10-19/h1,3-4,7,13-15,18-19H,2,5-6,8-10H2. The molecule has 19 heavy (non-hydrogen) atoms. The summed E-state index contributed by atoms with van der Waals surface area (Å²) in [5.74, 6) is 0.920. The molecule has 0 aliphatic heterocycles. The lowest BCUT2D eigenvalue weighted by Gasteiger charge is -2.18. The van der Waals surface area contributed by atoms with Crippen LogP contribution in [0.2, 0.25) is 0 Å². The highest BCUT2D eigenvalue weighted by molar-refractivity contribution is 5.24. The number of halogens is 2. The average molecular weight is 269 g/mol. The van der Waals surface area contributed by atoms with Gasteiger partial charge in [0.25, 0.3) is 6.43 Å². The number of rotatable bonds is 6. The minimum Gasteiger partial charge on any atom is -0.396 e. The molecule has 2 rings (SSSR count). The van der Waals surface area contributed by atoms with E-state index in [4.69, 9.17) is 0 Å². The Balaban J connectivity index is 1.80. The molecule has 2 nitrogen and oxygen atoms in total. The molecule has 1 aliphatic rings. The van der Waals surface area contributed by atoms with Crippen LogP contribution in [0.1, 0.15) is 36.8 Å². The van der Waals surface area contributed by atoms with E-state index in [1.54, 1.807) is 12.1 Å². The largest absolute Gasteiger partial charge is 0.396 e. The predicted molar refractivity (Wildman–Crippen MR) is 71.0 cm³/mol. The quantitative estimate of drug-likeness (QED) is 0.831. The molecule has 1 aliphatic carbocycles. The first-order chi connectivity index (χ1) is 9.20. The molecule has 0 saturated heterocycles. The summed E-state index contributed by atoms with van der Waals surface area (Å²) in [6.07, 6.45) is 1.02. The molecule has 106 valence electrons. The summed E-state index contributed by atoms with van der Waals surface area (Å²) in [4.78, 5) is 0. The summed E-state index contributed by atoms with van der Waals surface area (Å²) in [6, 6.07) is 6.53. The number of aliphatic hydroxyl groups is 1. The zero-order valence-electron chi connectivity index (χ0n) is 11.0. The minimum absolute atomic E-state index is 0.0772. The van der Waals surface area contributed by atoms with Gasteiger partial charge in [0.1, 0.15) is 0 Å². The molecule has 0 spiro atoms. The van der Waals surface area contributed by atoms with E-state index >= 15 is 0 Å². The zero-order valence-corrected chi connectivity index (χ0v) is 11.0. The Morgan fingerprint density at radius 1 is 1.26 bits per heavy atom. The lowest BCUT2D eigenvalue weighted by molar-refractivity contribution is 0.151. The van der Waals surface area contributed by atoms with Gasteiger partial charge >= 0.3 is 0 Å². The van der Waals surface area contributed by atoms with Crippen LogP contribution < -0.4 is 5.32 Å². The normalized spacial score (nSPS) is 23.2. The molecule has 0 heterocycles. The van der Waals surface area contributed by atoms with Gasteiger partial charge in [-0.15, -0.1) is 0 Å². The Kier molecular flexibility index (Phi) is 5.28. The van der Waals surface area contributed by atoms with Crippen LogP contribution in [0.15, 0.2) is 24.3 Å². The number of alkyl halides is 2. The molecular formula is C15H21F2NO. The summed E-state index contributed by atoms with van der Waals surface area (Å²) in [5.41, 5.74) is 0.963. The topological polar surface area (TPSA) is 32.3 Å². The van der Waals surface area contributed by atoms with Crippen molar-refractivity contribution in [3.8, 4) is 0 Å². The van der Waals surface area contributed by atoms with Crippen LogP contribution in [0.5, 0.6) is 0 Å². The molecule has 0 amide bonds. The second-order valence-corrected chi connectivity index (χ2v) is 5.31. The number of hydrogen-bond acceptors (Lipinski definition) is 2. The lowest BCUT2D eigenvalue weighted by Crippen LogP contribution is -2.26. The van der Waals surface area contributed by atoms with Crippen molar-refractivity contribution in [3.05, 3.63) is 35.4 Å². The van der Waals surface area contributed by atoms with Crippen LogP contribution >= 0.6 is 0 Å². The second-order valence-electron chi connectivity index (χ2n) is 5.31. The number of benzene rings is 1. The SMILES string of the molecule is OCC1CCCC1CNCc1cccc(C(F)F)c1. The molecule has 1 fully saturated rings. The van der Waals surface area contributed by atoms with Crippen LogP contribution in [0.3, 0.4) is 0 Å². The maximum absolute atomic E-state index is 12.6. The first kappa shape index (κ1) is 14.4. The monoisotopic (exact) mass is 269 g/mol. The molecule has 1 aromatic rings. The van der Waals surface area contributed by atoms with Gasteiger partial charge in [-0.2, -0.15) is 0 Å². The average Bonchev–Trinajstić information content (AvgIpc) is 2.86. The Bertz CT molecular complexity index is 397. The maximum Gasteiger partial charge on any atom is 0.263 e. The van der Waals surface area contributed by atoms with Gasteiger partial charge in [0.05, 0.1) is 0 Å². The van der Waals surface area contributed by atoms with E-state index in [9.17, 15) is 13.9 Å². The Morgan fingerprint density at radius 2 is 2.05 bits per heavy atom. The van der Waals surface area contributed by atoms with E-state index in [2.05, 4.69) is 5.32 Å². The molecule has 2 unspecified atom stereocenters. The van der Waals surface area contributed by atoms with Gasteiger partial charge in [-0.1, -0.05) is 24.6 Å². The Hall–Kier alpha value is -1.00. The Labute approximate surface area is 112 Å². The van der Waals surface area contributed by atoms with Gasteiger partial charge in [-0.3, -0.25) is 0 Å². The van der Waals surface area contributed by atoms with Crippen molar-refractivity contribution in [1.82, 2.24) is 5.32 Å². The molecule has 2 atom stereocenters. The first-order valence-corrected chi connectivity index (χ1v) is 6.89. The molecule has 0 radical (unpaired) electrons. The van der Waals surface area contributed by atoms with Crippen molar-refractivity contribution in [2.24, 2.45) is 11.8 Å². The molecular weight excluding hydrogens is 248 g/mol. The van der Waals surface area contributed by atoms with Gasteiger partial charge in [0.15, 0.2) is 0 Å². The molecule has 1 saturated carbocycles. The van der Waals surface area contributed by atoms with E-state index in [0.29, 0.717) is 18.4 Å². The molecule has 0 aromatic heterocycles. The summed E-state index contributed by atoms with van der Waals surface area (Å²) in [7, 11) is 0. The van der Waals surface area contributed by atoms with Crippen LogP contribution in [0.4, 0.5) is 8.78 Å². The minimum atomic E-state index is -2.41. The Morgan fingerprint density at radius 3 is 2.79 bits per heavy atom. The second kappa shape index (κ2) is 6.96. The third-order valence-electron chi connectivity index (χ3n) is 3.99. The van der Waals surface area contributed by atoms with Gasteiger partial charge in [0.2, 0.25) is 0 Å². The molecule has 0 bridgehead atoms. The van der Waals surface area contributed by atoms with E-state index < -0.39 is 6.43 Å². The third-order valence-corrected chi connectivity index (χ3v) is 3.99. The van der Waals surface area contributed by atoms with Crippen molar-refractivity contribution in [3.63, 3.8) is 0 Å². The molecule has 2 N–H and O–H groups in total. The van der Waals surface area contributed by atoms with Gasteiger partial charge < -0.3 is 10.4 Å². The van der Waals surface area contributed by atoms with E-state index in [1.807, 2.05) is 6.07 Å². The highest BCUT2D eigenvalue weighted by Gasteiger charge is 2.25. The van der Waals surface area contributed by atoms with Gasteiger partial charge in [-0.25, -0.2) is 8.78 Å². The van der Waals surface area contributed by atoms with Crippen LogP contribution in [-0.2, 0) is 6.54 Å². The van der Waals surface area contributed by atoms with E-state index in [1.165, 1.54) is 12.5 Å². The third kappa shape index (κ3) is 3.98. The summed E-state index contributed by atoms with van der Waals surface area (Å²) in [5, 5.41) is 12.6. The highest BCUT2D eigenvalue weighted by atomic mass is 19.3. The highest BCUT2D eigenvalue weighted by Crippen LogP contribution is 2.30. The van der Waals surface area contributed by atoms with Gasteiger partial charge in [0, 0.05) is 18.7 Å². The predicted octanol–water partition coefficient (Wildman–Crippen LogP) is 3.12. The van der Waals surface area contributed by atoms with Crippen molar-refractivity contribution >= 4 is 0 Å². The number of nitrogens with one attached hydrogen (secondary N) is 1. The van der Waals surface area contributed by atoms with Crippen LogP contribution in [-0.4, -0.2) is 18.3 Å². The van der Waals surface area contributed by atoms with E-state index in [0.717, 1.165) is 24.9 Å². The maximum atomic E-state index is 12.6. The van der Waals surface area contributed by atoms with E-state index in [-0.39, 0.29) is 12.2 Å². The molecule has 4 heteroatoms. The smallest absolute Gasteiger partial charge is 0.263 e. The van der Waals surface area contributed by atoms with Crippen molar-refractivity contribution in [2.75, 3.05) is 13.2 Å². The summed E-state index contributed by atoms with van der Waals surface area (Å²) < 4.78 is 25.1. The number of hydrogen-bond donors (Lipinski definition) is 2. The van der Waals surface area contributed by atoms with Gasteiger partial charge in [-0.05, 0) is 42.9 Å². The molecule has 1 aromatic carbocycles. The first-order valence-electron chi connectivity index (χ1n) is 6.89. The summed E-state index contributed by atoms with van der Waals surface area (Å²) >= 11 is 0. The lowest BCUT2D eigenvalue weighted by atomic mass is 9.97. The van der Waals surface area contributed by atoms with Crippen molar-refractivity contribution < 1.29 is 13.9 Å². The fraction of sp³-hybridized carbons (Fsp3) is 0.600. The van der Waals surface area contributed by atoms with Crippen LogP contribution in [0, 0.1) is 11.8 Å². The fourth-order valence-electron chi connectivity index (χ4n) is 2.86. The summed E-state index contributed by atoms with van der Waals surface area (Å²) in [6.45, 7) is 1.71. The number of aliphatic hydroxyl groups excluding tert-OH is 1. The van der Waals surface area contributed by atoms with Crippen molar-refractivity contribution in [1.29, 1.82) is 0 Å².